The summed E-state index contributed by atoms with van der Waals surface area (Å²) in [6.45, 7) is 2.32. The van der Waals surface area contributed by atoms with E-state index in [2.05, 4.69) is 5.10 Å². The predicted octanol–water partition coefficient (Wildman–Crippen LogP) is 2.75. The Morgan fingerprint density at radius 2 is 1.90 bits per heavy atom. The first kappa shape index (κ1) is 14.4. The van der Waals surface area contributed by atoms with Gasteiger partial charge in [0, 0.05) is 12.6 Å². The van der Waals surface area contributed by atoms with Crippen molar-refractivity contribution < 1.29 is 17.9 Å². The van der Waals surface area contributed by atoms with E-state index in [0.717, 1.165) is 16.3 Å². The number of benzene rings is 1. The highest BCUT2D eigenvalue weighted by atomic mass is 19.4. The number of nitrogens with two attached hydrogens (primary N) is 1. The van der Waals surface area contributed by atoms with Gasteiger partial charge in [-0.3, -0.25) is 0 Å². The van der Waals surface area contributed by atoms with Crippen LogP contribution in [0.4, 0.5) is 13.2 Å². The molecular weight excluding hydrogens is 271 g/mol. The van der Waals surface area contributed by atoms with Crippen LogP contribution in [0.25, 0.3) is 5.69 Å². The van der Waals surface area contributed by atoms with Crippen molar-refractivity contribution in [2.24, 2.45) is 5.73 Å². The maximum atomic E-state index is 12.7. The van der Waals surface area contributed by atoms with E-state index in [9.17, 15) is 13.2 Å². The molecule has 0 saturated heterocycles. The lowest BCUT2D eigenvalue weighted by Crippen LogP contribution is -2.07. The van der Waals surface area contributed by atoms with Crippen molar-refractivity contribution in [3.05, 3.63) is 41.6 Å². The molecule has 0 amide bonds. The molecule has 1 aromatic carbocycles. The van der Waals surface area contributed by atoms with E-state index in [4.69, 9.17) is 10.5 Å². The van der Waals surface area contributed by atoms with Crippen LogP contribution in [0.2, 0.25) is 0 Å². The Kier molecular flexibility index (Phi) is 3.99. The highest BCUT2D eigenvalue weighted by Gasteiger charge is 2.35. The standard InChI is InChI=1S/C13H14F3N3O/c1-2-20-12-7-11(13(14,15)16)18-19(12)10-5-3-9(8-17)4-6-10/h3-7H,2,8,17H2,1H3. The molecule has 0 aliphatic heterocycles. The van der Waals surface area contributed by atoms with Crippen LogP contribution in [-0.2, 0) is 12.7 Å². The Morgan fingerprint density at radius 3 is 2.40 bits per heavy atom. The number of rotatable bonds is 4. The van der Waals surface area contributed by atoms with Gasteiger partial charge in [-0.25, -0.2) is 4.68 Å². The molecule has 2 aromatic rings. The second-order valence-electron chi connectivity index (χ2n) is 4.08. The zero-order valence-electron chi connectivity index (χ0n) is 10.8. The lowest BCUT2D eigenvalue weighted by Gasteiger charge is -2.08. The number of hydrogen-bond donors (Lipinski definition) is 1. The van der Waals surface area contributed by atoms with Gasteiger partial charge in [0.2, 0.25) is 5.88 Å². The van der Waals surface area contributed by atoms with Crippen LogP contribution in [0.1, 0.15) is 18.2 Å². The lowest BCUT2D eigenvalue weighted by molar-refractivity contribution is -0.141. The molecule has 0 bridgehead atoms. The molecule has 0 unspecified atom stereocenters. The Bertz CT molecular complexity index is 576. The van der Waals surface area contributed by atoms with Crippen LogP contribution in [0.3, 0.4) is 0 Å². The number of ether oxygens (including phenoxy) is 1. The highest BCUT2D eigenvalue weighted by molar-refractivity contribution is 5.38. The summed E-state index contributed by atoms with van der Waals surface area (Å²) >= 11 is 0. The van der Waals surface area contributed by atoms with Crippen molar-refractivity contribution in [3.8, 4) is 11.6 Å². The molecule has 2 N–H and O–H groups in total. The summed E-state index contributed by atoms with van der Waals surface area (Å²) in [5.41, 5.74) is 5.87. The molecular formula is C13H14F3N3O. The largest absolute Gasteiger partial charge is 0.478 e. The van der Waals surface area contributed by atoms with E-state index in [1.54, 1.807) is 31.2 Å². The average molecular weight is 285 g/mol. The van der Waals surface area contributed by atoms with Gasteiger partial charge in [0.1, 0.15) is 0 Å². The first-order valence-electron chi connectivity index (χ1n) is 6.05. The molecule has 1 heterocycles. The third-order valence-corrected chi connectivity index (χ3v) is 2.68. The van der Waals surface area contributed by atoms with Crippen LogP contribution >= 0.6 is 0 Å². The minimum Gasteiger partial charge on any atom is -0.478 e. The molecule has 2 rings (SSSR count). The Hall–Kier alpha value is -2.02. The summed E-state index contributed by atoms with van der Waals surface area (Å²) in [5, 5.41) is 3.56. The van der Waals surface area contributed by atoms with Gasteiger partial charge in [-0.05, 0) is 24.6 Å². The summed E-state index contributed by atoms with van der Waals surface area (Å²) in [5.74, 6) is 0.0559. The molecule has 0 aliphatic carbocycles. The third-order valence-electron chi connectivity index (χ3n) is 2.68. The smallest absolute Gasteiger partial charge is 0.435 e. The minimum absolute atomic E-state index is 0.0559. The first-order valence-corrected chi connectivity index (χ1v) is 6.05. The third kappa shape index (κ3) is 2.93. The molecule has 0 spiro atoms. The molecule has 0 aliphatic rings. The van der Waals surface area contributed by atoms with Gasteiger partial charge in [-0.1, -0.05) is 12.1 Å². The summed E-state index contributed by atoms with van der Waals surface area (Å²) in [6, 6.07) is 7.66. The van der Waals surface area contributed by atoms with Crippen molar-refractivity contribution in [2.45, 2.75) is 19.6 Å². The average Bonchev–Trinajstić information content (AvgIpc) is 2.83. The van der Waals surface area contributed by atoms with Gasteiger partial charge < -0.3 is 10.5 Å². The molecule has 0 saturated carbocycles. The fraction of sp³-hybridized carbons (Fsp3) is 0.308. The summed E-state index contributed by atoms with van der Waals surface area (Å²) < 4.78 is 44.5. The van der Waals surface area contributed by atoms with E-state index in [0.29, 0.717) is 12.2 Å². The Morgan fingerprint density at radius 1 is 1.25 bits per heavy atom. The molecule has 0 atom stereocenters. The highest BCUT2D eigenvalue weighted by Crippen LogP contribution is 2.32. The van der Waals surface area contributed by atoms with Gasteiger partial charge in [-0.2, -0.15) is 18.3 Å². The molecule has 108 valence electrons. The van der Waals surface area contributed by atoms with Crippen molar-refractivity contribution in [1.29, 1.82) is 0 Å². The quantitative estimate of drug-likeness (QED) is 0.939. The van der Waals surface area contributed by atoms with Gasteiger partial charge >= 0.3 is 6.18 Å². The minimum atomic E-state index is -4.51. The van der Waals surface area contributed by atoms with E-state index in [-0.39, 0.29) is 12.5 Å². The van der Waals surface area contributed by atoms with Gasteiger partial charge in [0.05, 0.1) is 12.3 Å². The van der Waals surface area contributed by atoms with Crippen LogP contribution in [-0.4, -0.2) is 16.4 Å². The van der Waals surface area contributed by atoms with E-state index >= 15 is 0 Å². The number of nitrogens with zero attached hydrogens (tertiary/aromatic N) is 2. The molecule has 0 radical (unpaired) electrons. The van der Waals surface area contributed by atoms with E-state index in [1.165, 1.54) is 0 Å². The number of halogens is 3. The van der Waals surface area contributed by atoms with Gasteiger partial charge in [0.25, 0.3) is 0 Å². The summed E-state index contributed by atoms with van der Waals surface area (Å²) in [4.78, 5) is 0. The number of alkyl halides is 3. The van der Waals surface area contributed by atoms with Crippen LogP contribution in [0.5, 0.6) is 5.88 Å². The lowest BCUT2D eigenvalue weighted by atomic mass is 10.2. The molecule has 7 heteroatoms. The molecule has 1 aromatic heterocycles. The van der Waals surface area contributed by atoms with Gasteiger partial charge in [-0.15, -0.1) is 0 Å². The maximum Gasteiger partial charge on any atom is 0.435 e. The topological polar surface area (TPSA) is 53.1 Å². The van der Waals surface area contributed by atoms with Crippen molar-refractivity contribution in [1.82, 2.24) is 9.78 Å². The molecule has 0 fully saturated rings. The first-order chi connectivity index (χ1) is 9.45. The maximum absolute atomic E-state index is 12.7. The summed E-state index contributed by atoms with van der Waals surface area (Å²) in [7, 11) is 0. The van der Waals surface area contributed by atoms with E-state index in [1.807, 2.05) is 0 Å². The zero-order valence-corrected chi connectivity index (χ0v) is 10.8. The van der Waals surface area contributed by atoms with Crippen LogP contribution < -0.4 is 10.5 Å². The van der Waals surface area contributed by atoms with Crippen LogP contribution in [0, 0.1) is 0 Å². The second kappa shape index (κ2) is 5.54. The SMILES string of the molecule is CCOc1cc(C(F)(F)F)nn1-c1ccc(CN)cc1. The summed E-state index contributed by atoms with van der Waals surface area (Å²) in [6.07, 6.45) is -4.51. The molecule has 20 heavy (non-hydrogen) atoms. The Balaban J connectivity index is 2.44. The fourth-order valence-corrected chi connectivity index (χ4v) is 1.71. The van der Waals surface area contributed by atoms with Crippen LogP contribution in [0.15, 0.2) is 30.3 Å². The van der Waals surface area contributed by atoms with Crippen molar-refractivity contribution in [3.63, 3.8) is 0 Å². The Labute approximate surface area is 114 Å². The van der Waals surface area contributed by atoms with E-state index < -0.39 is 11.9 Å². The number of hydrogen-bond acceptors (Lipinski definition) is 3. The predicted molar refractivity (Wildman–Crippen MR) is 67.6 cm³/mol. The van der Waals surface area contributed by atoms with Crippen molar-refractivity contribution >= 4 is 0 Å². The van der Waals surface area contributed by atoms with Crippen molar-refractivity contribution in [2.75, 3.05) is 6.61 Å². The zero-order chi connectivity index (χ0) is 14.8. The normalized spacial score (nSPS) is 11.7. The second-order valence-corrected chi connectivity index (χ2v) is 4.08. The monoisotopic (exact) mass is 285 g/mol. The fourth-order valence-electron chi connectivity index (χ4n) is 1.71. The number of aromatic nitrogens is 2. The molecule has 4 nitrogen and oxygen atoms in total. The van der Waals surface area contributed by atoms with Gasteiger partial charge in [0.15, 0.2) is 5.69 Å².